The second-order valence-corrected chi connectivity index (χ2v) is 4.86. The van der Waals surface area contributed by atoms with E-state index < -0.39 is 0 Å². The summed E-state index contributed by atoms with van der Waals surface area (Å²) in [7, 11) is 0. The van der Waals surface area contributed by atoms with Crippen LogP contribution >= 0.6 is 15.9 Å². The van der Waals surface area contributed by atoms with E-state index in [9.17, 15) is 0 Å². The summed E-state index contributed by atoms with van der Waals surface area (Å²) < 4.78 is 0.941. The fraction of sp³-hybridized carbons (Fsp3) is 0. The molecule has 3 aromatic rings. The first kappa shape index (κ1) is 11.9. The van der Waals surface area contributed by atoms with Crippen molar-refractivity contribution in [2.75, 3.05) is 11.1 Å². The number of hydrogen-bond donors (Lipinski definition) is 2. The maximum absolute atomic E-state index is 5.77. The van der Waals surface area contributed by atoms with E-state index in [0.717, 1.165) is 21.1 Å². The Kier molecular flexibility index (Phi) is 3.00. The molecule has 1 aromatic carbocycles. The molecule has 0 atom stereocenters. The fourth-order valence-corrected chi connectivity index (χ4v) is 2.16. The molecule has 0 aliphatic heterocycles. The summed E-state index contributed by atoms with van der Waals surface area (Å²) in [6.07, 6.45) is 4.90. The number of rotatable bonds is 2. The lowest BCUT2D eigenvalue weighted by Gasteiger charge is -2.09. The minimum atomic E-state index is 0.358. The molecule has 0 unspecified atom stereocenters. The SMILES string of the molecule is Nc1nccnc1Nc1cccc2cc(Br)cnc12. The number of hydrogen-bond acceptors (Lipinski definition) is 5. The third kappa shape index (κ3) is 2.34. The van der Waals surface area contributed by atoms with Crippen LogP contribution < -0.4 is 11.1 Å². The highest BCUT2D eigenvalue weighted by atomic mass is 79.9. The third-order valence-corrected chi connectivity index (χ3v) is 3.09. The second-order valence-electron chi connectivity index (χ2n) is 3.95. The van der Waals surface area contributed by atoms with Gasteiger partial charge in [-0.3, -0.25) is 4.98 Å². The normalized spacial score (nSPS) is 10.6. The molecule has 94 valence electrons. The van der Waals surface area contributed by atoms with Gasteiger partial charge in [-0.2, -0.15) is 0 Å². The number of benzene rings is 1. The molecule has 0 spiro atoms. The Morgan fingerprint density at radius 2 is 1.95 bits per heavy atom. The zero-order valence-electron chi connectivity index (χ0n) is 9.84. The monoisotopic (exact) mass is 315 g/mol. The molecule has 0 bridgehead atoms. The number of nitrogens with zero attached hydrogens (tertiary/aromatic N) is 3. The van der Waals surface area contributed by atoms with Crippen LogP contribution in [0.1, 0.15) is 0 Å². The topological polar surface area (TPSA) is 76.7 Å². The highest BCUT2D eigenvalue weighted by Gasteiger charge is 2.06. The lowest BCUT2D eigenvalue weighted by atomic mass is 10.2. The van der Waals surface area contributed by atoms with Crippen molar-refractivity contribution in [1.82, 2.24) is 15.0 Å². The zero-order chi connectivity index (χ0) is 13.2. The van der Waals surface area contributed by atoms with Gasteiger partial charge in [0, 0.05) is 28.4 Å². The summed E-state index contributed by atoms with van der Waals surface area (Å²) in [5.41, 5.74) is 7.47. The highest BCUT2D eigenvalue weighted by molar-refractivity contribution is 9.10. The maximum Gasteiger partial charge on any atom is 0.173 e. The zero-order valence-corrected chi connectivity index (χ0v) is 11.4. The Hall–Kier alpha value is -2.21. The van der Waals surface area contributed by atoms with E-state index in [-0.39, 0.29) is 0 Å². The van der Waals surface area contributed by atoms with Gasteiger partial charge in [-0.05, 0) is 28.1 Å². The van der Waals surface area contributed by atoms with E-state index in [2.05, 4.69) is 36.2 Å². The Bertz CT molecular complexity index is 744. The first-order chi connectivity index (χ1) is 9.24. The van der Waals surface area contributed by atoms with Gasteiger partial charge in [-0.25, -0.2) is 9.97 Å². The molecule has 0 saturated heterocycles. The van der Waals surface area contributed by atoms with Crippen molar-refractivity contribution >= 4 is 44.2 Å². The number of halogens is 1. The maximum atomic E-state index is 5.77. The minimum Gasteiger partial charge on any atom is -0.381 e. The van der Waals surface area contributed by atoms with Crippen LogP contribution in [0, 0.1) is 0 Å². The van der Waals surface area contributed by atoms with Crippen LogP contribution in [-0.2, 0) is 0 Å². The number of nitrogen functional groups attached to an aromatic ring is 1. The van der Waals surface area contributed by atoms with Crippen LogP contribution in [0.3, 0.4) is 0 Å². The predicted molar refractivity (Wildman–Crippen MR) is 79.2 cm³/mol. The number of fused-ring (bicyclic) bond motifs is 1. The minimum absolute atomic E-state index is 0.358. The van der Waals surface area contributed by atoms with Gasteiger partial charge in [0.1, 0.15) is 0 Å². The van der Waals surface area contributed by atoms with Gasteiger partial charge >= 0.3 is 0 Å². The van der Waals surface area contributed by atoms with Crippen LogP contribution in [0.5, 0.6) is 0 Å². The third-order valence-electron chi connectivity index (χ3n) is 2.66. The van der Waals surface area contributed by atoms with E-state index in [4.69, 9.17) is 5.73 Å². The van der Waals surface area contributed by atoms with Crippen molar-refractivity contribution in [1.29, 1.82) is 0 Å². The summed E-state index contributed by atoms with van der Waals surface area (Å²) in [6.45, 7) is 0. The Morgan fingerprint density at radius 1 is 1.11 bits per heavy atom. The van der Waals surface area contributed by atoms with E-state index >= 15 is 0 Å². The van der Waals surface area contributed by atoms with Gasteiger partial charge in [0.25, 0.3) is 0 Å². The number of aromatic nitrogens is 3. The predicted octanol–water partition coefficient (Wildman–Crippen LogP) is 3.11. The van der Waals surface area contributed by atoms with Crippen LogP contribution in [0.15, 0.2) is 47.3 Å². The van der Waals surface area contributed by atoms with Gasteiger partial charge in [-0.15, -0.1) is 0 Å². The summed E-state index contributed by atoms with van der Waals surface area (Å²) in [4.78, 5) is 12.6. The van der Waals surface area contributed by atoms with E-state index in [1.54, 1.807) is 18.6 Å². The number of anilines is 3. The van der Waals surface area contributed by atoms with Crippen LogP contribution in [-0.4, -0.2) is 15.0 Å². The van der Waals surface area contributed by atoms with Crippen molar-refractivity contribution in [3.05, 3.63) is 47.3 Å². The Labute approximate surface area is 118 Å². The average molecular weight is 316 g/mol. The molecule has 3 N–H and O–H groups in total. The summed E-state index contributed by atoms with van der Waals surface area (Å²) >= 11 is 3.41. The molecule has 0 aliphatic carbocycles. The van der Waals surface area contributed by atoms with E-state index in [1.165, 1.54) is 0 Å². The van der Waals surface area contributed by atoms with Crippen LogP contribution in [0.25, 0.3) is 10.9 Å². The molecule has 0 amide bonds. The molecule has 0 aliphatic rings. The largest absolute Gasteiger partial charge is 0.381 e. The summed E-state index contributed by atoms with van der Waals surface area (Å²) in [5.74, 6) is 0.885. The van der Waals surface area contributed by atoms with Gasteiger partial charge in [0.05, 0.1) is 11.2 Å². The number of nitrogens with one attached hydrogen (secondary N) is 1. The average Bonchev–Trinajstić information content (AvgIpc) is 2.41. The van der Waals surface area contributed by atoms with Crippen molar-refractivity contribution < 1.29 is 0 Å². The molecule has 2 aromatic heterocycles. The van der Waals surface area contributed by atoms with Crippen LogP contribution in [0.4, 0.5) is 17.3 Å². The van der Waals surface area contributed by atoms with Gasteiger partial charge < -0.3 is 11.1 Å². The molecule has 3 rings (SSSR count). The molecule has 0 radical (unpaired) electrons. The molecule has 5 nitrogen and oxygen atoms in total. The fourth-order valence-electron chi connectivity index (χ4n) is 1.81. The summed E-state index contributed by atoms with van der Waals surface area (Å²) in [6, 6.07) is 7.88. The Morgan fingerprint density at radius 3 is 2.79 bits per heavy atom. The standard InChI is InChI=1S/C13H10BrN5/c14-9-6-8-2-1-3-10(11(8)18-7-9)19-13-12(15)16-4-5-17-13/h1-7H,(H2,15,16)(H,17,19). The van der Waals surface area contributed by atoms with Crippen molar-refractivity contribution in [3.63, 3.8) is 0 Å². The molecular formula is C13H10BrN5. The Balaban J connectivity index is 2.09. The molecule has 0 fully saturated rings. The second kappa shape index (κ2) is 4.81. The lowest BCUT2D eigenvalue weighted by Crippen LogP contribution is -2.01. The molecule has 19 heavy (non-hydrogen) atoms. The molecular weight excluding hydrogens is 306 g/mol. The summed E-state index contributed by atoms with van der Waals surface area (Å²) in [5, 5.41) is 4.19. The van der Waals surface area contributed by atoms with E-state index in [1.807, 2.05) is 24.3 Å². The number of pyridine rings is 1. The number of para-hydroxylation sites is 1. The molecule has 6 heteroatoms. The molecule has 0 saturated carbocycles. The quantitative estimate of drug-likeness (QED) is 0.759. The van der Waals surface area contributed by atoms with Gasteiger partial charge in [0.2, 0.25) is 0 Å². The van der Waals surface area contributed by atoms with Gasteiger partial charge in [0.15, 0.2) is 11.6 Å². The van der Waals surface area contributed by atoms with Crippen molar-refractivity contribution in [2.45, 2.75) is 0 Å². The van der Waals surface area contributed by atoms with E-state index in [0.29, 0.717) is 11.6 Å². The van der Waals surface area contributed by atoms with Crippen molar-refractivity contribution in [2.24, 2.45) is 0 Å². The molecule has 2 heterocycles. The van der Waals surface area contributed by atoms with Crippen molar-refractivity contribution in [3.8, 4) is 0 Å². The highest BCUT2D eigenvalue weighted by Crippen LogP contribution is 2.27. The van der Waals surface area contributed by atoms with Crippen LogP contribution in [0.2, 0.25) is 0 Å². The smallest absolute Gasteiger partial charge is 0.173 e. The lowest BCUT2D eigenvalue weighted by molar-refractivity contribution is 1.21. The first-order valence-electron chi connectivity index (χ1n) is 5.62. The first-order valence-corrected chi connectivity index (χ1v) is 6.41. The number of nitrogens with two attached hydrogens (primary N) is 1. The van der Waals surface area contributed by atoms with Gasteiger partial charge in [-0.1, -0.05) is 12.1 Å².